The first-order chi connectivity index (χ1) is 17.3. The van der Waals surface area contributed by atoms with Crippen molar-refractivity contribution in [1.29, 1.82) is 0 Å². The summed E-state index contributed by atoms with van der Waals surface area (Å²) in [6.07, 6.45) is 9.60. The maximum absolute atomic E-state index is 13.5. The average molecular weight is 514 g/mol. The van der Waals surface area contributed by atoms with Gasteiger partial charge >= 0.3 is 0 Å². The van der Waals surface area contributed by atoms with Crippen LogP contribution in [-0.4, -0.2) is 63.2 Å². The van der Waals surface area contributed by atoms with E-state index in [9.17, 15) is 8.42 Å². The van der Waals surface area contributed by atoms with E-state index in [1.165, 1.54) is 7.11 Å². The van der Waals surface area contributed by atoms with E-state index < -0.39 is 21.4 Å². The van der Waals surface area contributed by atoms with Crippen molar-refractivity contribution >= 4 is 16.0 Å². The van der Waals surface area contributed by atoms with Gasteiger partial charge in [0.2, 0.25) is 16.0 Å². The van der Waals surface area contributed by atoms with Gasteiger partial charge < -0.3 is 9.47 Å². The second kappa shape index (κ2) is 9.83. The Hall–Kier alpha value is -2.96. The monoisotopic (exact) mass is 513 g/mol. The third-order valence-electron chi connectivity index (χ3n) is 7.06. The number of nitrogens with zero attached hydrogens (tertiary/aromatic N) is 6. The van der Waals surface area contributed by atoms with Gasteiger partial charge in [0, 0.05) is 44.1 Å². The highest BCUT2D eigenvalue weighted by molar-refractivity contribution is 7.93. The van der Waals surface area contributed by atoms with Gasteiger partial charge in [0.25, 0.3) is 0 Å². The molecule has 0 amide bonds. The molecule has 0 saturated carbocycles. The summed E-state index contributed by atoms with van der Waals surface area (Å²) in [5.74, 6) is 1.04. The first-order valence-electron chi connectivity index (χ1n) is 12.1. The predicted molar refractivity (Wildman–Crippen MR) is 133 cm³/mol. The van der Waals surface area contributed by atoms with Gasteiger partial charge in [-0.2, -0.15) is 0 Å². The maximum Gasteiger partial charge on any atom is 0.240 e. The summed E-state index contributed by atoms with van der Waals surface area (Å²) in [4.78, 5) is 12.9. The second-order valence-electron chi connectivity index (χ2n) is 9.50. The van der Waals surface area contributed by atoms with E-state index in [0.717, 1.165) is 41.5 Å². The number of methoxy groups -OCH3 is 1. The van der Waals surface area contributed by atoms with Crippen molar-refractivity contribution in [3.63, 3.8) is 0 Å². The molecule has 3 aromatic rings. The minimum absolute atomic E-state index is 0.0671. The Balaban J connectivity index is 1.51. The van der Waals surface area contributed by atoms with Crippen molar-refractivity contribution in [2.75, 3.05) is 18.4 Å². The summed E-state index contributed by atoms with van der Waals surface area (Å²) in [6.45, 7) is 6.14. The number of ether oxygens (including phenoxy) is 2. The topological polar surface area (TPSA) is 134 Å². The lowest BCUT2D eigenvalue weighted by molar-refractivity contribution is -0.0166. The molecule has 3 aromatic heterocycles. The third-order valence-corrected chi connectivity index (χ3v) is 8.75. The molecule has 36 heavy (non-hydrogen) atoms. The van der Waals surface area contributed by atoms with Crippen molar-refractivity contribution < 1.29 is 17.9 Å². The average Bonchev–Trinajstić information content (AvgIpc) is 3.29. The molecule has 2 aliphatic rings. The maximum atomic E-state index is 13.5. The van der Waals surface area contributed by atoms with Gasteiger partial charge in [-0.3, -0.25) is 14.3 Å². The van der Waals surface area contributed by atoms with Crippen LogP contribution in [0.5, 0.6) is 0 Å². The molecule has 5 rings (SSSR count). The minimum atomic E-state index is -3.96. The summed E-state index contributed by atoms with van der Waals surface area (Å²) in [7, 11) is -2.51. The quantitative estimate of drug-likeness (QED) is 0.506. The van der Waals surface area contributed by atoms with Crippen molar-refractivity contribution in [3.8, 4) is 11.4 Å². The number of rotatable bonds is 7. The molecule has 1 saturated heterocycles. The molecule has 12 heteroatoms. The highest BCUT2D eigenvalue weighted by atomic mass is 32.2. The van der Waals surface area contributed by atoms with Crippen LogP contribution in [0.3, 0.4) is 0 Å². The molecule has 2 aliphatic heterocycles. The molecule has 11 nitrogen and oxygen atoms in total. The predicted octanol–water partition coefficient (Wildman–Crippen LogP) is 2.93. The van der Waals surface area contributed by atoms with Crippen LogP contribution in [0, 0.1) is 13.8 Å². The lowest BCUT2D eigenvalue weighted by Gasteiger charge is -2.36. The van der Waals surface area contributed by atoms with Crippen LogP contribution >= 0.6 is 0 Å². The van der Waals surface area contributed by atoms with E-state index in [-0.39, 0.29) is 18.1 Å². The number of aromatic nitrogens is 6. The number of nitrogens with one attached hydrogen (secondary N) is 1. The molecular weight excluding hydrogens is 482 g/mol. The van der Waals surface area contributed by atoms with Gasteiger partial charge in [-0.15, -0.1) is 10.2 Å². The Morgan fingerprint density at radius 2 is 1.92 bits per heavy atom. The van der Waals surface area contributed by atoms with E-state index in [2.05, 4.69) is 29.9 Å². The zero-order chi connectivity index (χ0) is 25.4. The van der Waals surface area contributed by atoms with Gasteiger partial charge in [0.1, 0.15) is 11.4 Å². The van der Waals surface area contributed by atoms with E-state index in [1.807, 2.05) is 24.6 Å². The van der Waals surface area contributed by atoms with E-state index in [0.29, 0.717) is 24.7 Å². The third kappa shape index (κ3) is 4.48. The summed E-state index contributed by atoms with van der Waals surface area (Å²) >= 11 is 0. The summed E-state index contributed by atoms with van der Waals surface area (Å²) in [6, 6.07) is -0.143. The summed E-state index contributed by atoms with van der Waals surface area (Å²) in [5.41, 5.74) is 3.94. The molecule has 0 aliphatic carbocycles. The number of pyridine rings is 1. The number of aryl methyl sites for hydroxylation is 2. The second-order valence-corrected chi connectivity index (χ2v) is 11.5. The first-order valence-corrected chi connectivity index (χ1v) is 13.7. The highest BCUT2D eigenvalue weighted by Gasteiger charge is 2.39. The lowest BCUT2D eigenvalue weighted by atomic mass is 9.89. The van der Waals surface area contributed by atoms with Gasteiger partial charge in [-0.25, -0.2) is 18.4 Å². The molecule has 0 spiro atoms. The van der Waals surface area contributed by atoms with Gasteiger partial charge in [-0.1, -0.05) is 0 Å². The Morgan fingerprint density at radius 3 is 2.61 bits per heavy atom. The number of anilines is 1. The number of hydrogen-bond acceptors (Lipinski definition) is 9. The van der Waals surface area contributed by atoms with Crippen LogP contribution < -0.4 is 4.72 Å². The SMILES string of the molecule is CO[C@H](c1ncc(C)cn1)[C@H](C)S(=O)(=O)Nc1nnc2n1[C@@H]([C@H]1CCCCO1)Cc1c(C)cncc1-2. The lowest BCUT2D eigenvalue weighted by Crippen LogP contribution is -2.37. The molecule has 0 unspecified atom stereocenters. The van der Waals surface area contributed by atoms with Crippen molar-refractivity contribution in [1.82, 2.24) is 29.7 Å². The Kier molecular flexibility index (Phi) is 6.75. The first kappa shape index (κ1) is 24.7. The van der Waals surface area contributed by atoms with E-state index >= 15 is 0 Å². The van der Waals surface area contributed by atoms with Crippen LogP contribution in [0.4, 0.5) is 5.95 Å². The van der Waals surface area contributed by atoms with Gasteiger partial charge in [-0.05, 0) is 63.1 Å². The van der Waals surface area contributed by atoms with Crippen molar-refractivity contribution in [2.24, 2.45) is 0 Å². The summed E-state index contributed by atoms with van der Waals surface area (Å²) < 4.78 is 43.3. The molecule has 4 atom stereocenters. The normalized spacial score (nSPS) is 21.3. The van der Waals surface area contributed by atoms with Crippen molar-refractivity contribution in [2.45, 2.75) is 70.0 Å². The smallest absolute Gasteiger partial charge is 0.240 e. The van der Waals surface area contributed by atoms with Crippen molar-refractivity contribution in [3.05, 3.63) is 47.3 Å². The zero-order valence-electron chi connectivity index (χ0n) is 20.9. The fraction of sp³-hybridized carbons (Fsp3) is 0.542. The van der Waals surface area contributed by atoms with E-state index in [4.69, 9.17) is 9.47 Å². The number of fused-ring (bicyclic) bond motifs is 3. The van der Waals surface area contributed by atoms with Gasteiger partial charge in [0.15, 0.2) is 11.6 Å². The highest BCUT2D eigenvalue weighted by Crippen LogP contribution is 2.41. The Labute approximate surface area is 210 Å². The molecular formula is C24H31N7O4S. The molecule has 0 bridgehead atoms. The van der Waals surface area contributed by atoms with Crippen LogP contribution in [-0.2, 0) is 25.9 Å². The van der Waals surface area contributed by atoms with E-state index in [1.54, 1.807) is 25.5 Å². The molecule has 1 N–H and O–H groups in total. The van der Waals surface area contributed by atoms with Gasteiger partial charge in [0.05, 0.1) is 12.1 Å². The van der Waals surface area contributed by atoms with Crippen LogP contribution in [0.25, 0.3) is 11.4 Å². The van der Waals surface area contributed by atoms with Crippen LogP contribution in [0.2, 0.25) is 0 Å². The minimum Gasteiger partial charge on any atom is -0.376 e. The summed E-state index contributed by atoms with van der Waals surface area (Å²) in [5, 5.41) is 7.67. The molecule has 192 valence electrons. The standard InChI is InChI=1S/C24H31N7O4S/c1-14-10-26-22(27-11-14)21(34-4)16(3)36(32,33)30-24-29-28-23-18-13-25-12-15(2)17(18)9-19(31(23)24)20-7-5-6-8-35-20/h10-13,16,19-21H,5-9H2,1-4H3,(H,29,30)/t16-,19+,20+,21-/m0/s1. The molecule has 0 aromatic carbocycles. The zero-order valence-corrected chi connectivity index (χ0v) is 21.7. The molecule has 1 fully saturated rings. The molecule has 0 radical (unpaired) electrons. The largest absolute Gasteiger partial charge is 0.376 e. The molecule has 5 heterocycles. The fourth-order valence-corrected chi connectivity index (χ4v) is 6.16. The van der Waals surface area contributed by atoms with Crippen LogP contribution in [0.1, 0.15) is 60.8 Å². The Bertz CT molecular complexity index is 1340. The van der Waals surface area contributed by atoms with Crippen LogP contribution in [0.15, 0.2) is 24.8 Å². The number of sulfonamides is 1. The fourth-order valence-electron chi connectivity index (χ4n) is 5.02. The number of hydrogen-bond donors (Lipinski definition) is 1. The Morgan fingerprint density at radius 1 is 1.14 bits per heavy atom.